The summed E-state index contributed by atoms with van der Waals surface area (Å²) in [5.74, 6) is 0.967. The van der Waals surface area contributed by atoms with Crippen molar-refractivity contribution in [3.05, 3.63) is 35.9 Å². The second-order valence-electron chi connectivity index (χ2n) is 10.0. The Hall–Kier alpha value is -1.84. The van der Waals surface area contributed by atoms with Gasteiger partial charge in [0.05, 0.1) is 5.41 Å². The molecule has 6 rings (SSSR count). The normalized spacial score (nSPS) is 36.4. The maximum atomic E-state index is 13.2. The zero-order valence-corrected chi connectivity index (χ0v) is 16.6. The lowest BCUT2D eigenvalue weighted by Gasteiger charge is -2.61. The highest BCUT2D eigenvalue weighted by Crippen LogP contribution is 2.66. The second-order valence-corrected chi connectivity index (χ2v) is 10.0. The molecule has 0 radical (unpaired) electrons. The maximum Gasteiger partial charge on any atom is 0.312 e. The predicted molar refractivity (Wildman–Crippen MR) is 107 cm³/mol. The van der Waals surface area contributed by atoms with E-state index in [0.717, 1.165) is 32.1 Å². The van der Waals surface area contributed by atoms with Gasteiger partial charge in [0, 0.05) is 6.04 Å². The first-order chi connectivity index (χ1) is 13.6. The number of amides is 1. The first-order valence-corrected chi connectivity index (χ1v) is 11.1. The van der Waals surface area contributed by atoms with Crippen LogP contribution in [0, 0.1) is 17.3 Å². The van der Waals surface area contributed by atoms with E-state index in [2.05, 4.69) is 35.6 Å². The van der Waals surface area contributed by atoms with Crippen molar-refractivity contribution in [1.82, 2.24) is 5.32 Å². The van der Waals surface area contributed by atoms with Gasteiger partial charge in [-0.25, -0.2) is 0 Å². The molecule has 4 bridgehead atoms. The van der Waals surface area contributed by atoms with Gasteiger partial charge in [-0.1, -0.05) is 43.2 Å². The zero-order chi connectivity index (χ0) is 19.2. The summed E-state index contributed by atoms with van der Waals surface area (Å²) >= 11 is 0. The minimum Gasteiger partial charge on any atom is -0.455 e. The number of rotatable bonds is 5. The standard InChI is InChI=1S/C24H31NO3/c26-21(25-20-8-4-5-9-20)15-28-22(27)24-13-17-10-18(14-24)12-23(11-17,16-24)19-6-2-1-3-7-19/h1-3,6-7,17-18,20H,4-5,8-16H2,(H,25,26)/t17-,18+,23?,24?. The van der Waals surface area contributed by atoms with Crippen molar-refractivity contribution in [2.24, 2.45) is 17.3 Å². The Bertz CT molecular complexity index is 738. The van der Waals surface area contributed by atoms with Gasteiger partial charge < -0.3 is 10.1 Å². The van der Waals surface area contributed by atoms with Crippen LogP contribution < -0.4 is 5.32 Å². The molecule has 0 aromatic heterocycles. The van der Waals surface area contributed by atoms with Crippen molar-refractivity contribution in [3.63, 3.8) is 0 Å². The molecule has 1 N–H and O–H groups in total. The highest BCUT2D eigenvalue weighted by molar-refractivity contribution is 5.83. The van der Waals surface area contributed by atoms with Crippen LogP contribution in [0.2, 0.25) is 0 Å². The van der Waals surface area contributed by atoms with Crippen LogP contribution in [0.4, 0.5) is 0 Å². The fourth-order valence-corrected chi connectivity index (χ4v) is 7.25. The van der Waals surface area contributed by atoms with Crippen molar-refractivity contribution in [1.29, 1.82) is 0 Å². The van der Waals surface area contributed by atoms with E-state index in [0.29, 0.717) is 11.8 Å². The van der Waals surface area contributed by atoms with E-state index in [4.69, 9.17) is 4.74 Å². The number of carbonyl (C=O) groups is 2. The molecule has 5 fully saturated rings. The summed E-state index contributed by atoms with van der Waals surface area (Å²) in [4.78, 5) is 25.4. The van der Waals surface area contributed by atoms with Crippen LogP contribution in [0.1, 0.15) is 69.8 Å². The molecule has 4 nitrogen and oxygen atoms in total. The quantitative estimate of drug-likeness (QED) is 0.781. The third-order valence-electron chi connectivity index (χ3n) is 7.93. The Kier molecular flexibility index (Phi) is 4.48. The molecule has 5 saturated carbocycles. The number of benzene rings is 1. The highest BCUT2D eigenvalue weighted by atomic mass is 16.5. The fraction of sp³-hybridized carbons (Fsp3) is 0.667. The summed E-state index contributed by atoms with van der Waals surface area (Å²) < 4.78 is 5.63. The summed E-state index contributed by atoms with van der Waals surface area (Å²) in [6.07, 6.45) is 10.9. The number of ether oxygens (including phenoxy) is 1. The van der Waals surface area contributed by atoms with E-state index >= 15 is 0 Å². The number of hydrogen-bond acceptors (Lipinski definition) is 3. The van der Waals surface area contributed by atoms with Crippen LogP contribution in [0.5, 0.6) is 0 Å². The lowest BCUT2D eigenvalue weighted by Crippen LogP contribution is -2.57. The topological polar surface area (TPSA) is 55.4 Å². The molecule has 0 heterocycles. The van der Waals surface area contributed by atoms with E-state index in [1.165, 1.54) is 37.7 Å². The van der Waals surface area contributed by atoms with Crippen molar-refractivity contribution < 1.29 is 14.3 Å². The highest BCUT2D eigenvalue weighted by Gasteiger charge is 2.61. The molecule has 150 valence electrons. The molecule has 1 aromatic carbocycles. The minimum absolute atomic E-state index is 0.120. The number of esters is 1. The molecule has 28 heavy (non-hydrogen) atoms. The molecular formula is C24H31NO3. The van der Waals surface area contributed by atoms with Crippen LogP contribution in [-0.4, -0.2) is 24.5 Å². The van der Waals surface area contributed by atoms with Gasteiger partial charge in [-0.3, -0.25) is 9.59 Å². The number of carbonyl (C=O) groups excluding carboxylic acids is 2. The van der Waals surface area contributed by atoms with Crippen molar-refractivity contribution in [2.45, 2.75) is 75.7 Å². The molecule has 2 unspecified atom stereocenters. The van der Waals surface area contributed by atoms with Gasteiger partial charge in [-0.2, -0.15) is 0 Å². The van der Waals surface area contributed by atoms with Gasteiger partial charge in [-0.15, -0.1) is 0 Å². The molecule has 0 saturated heterocycles. The number of nitrogens with one attached hydrogen (secondary N) is 1. The molecule has 4 heteroatoms. The summed E-state index contributed by atoms with van der Waals surface area (Å²) in [6, 6.07) is 11.0. The van der Waals surface area contributed by atoms with E-state index in [1.54, 1.807) is 0 Å². The van der Waals surface area contributed by atoms with Crippen LogP contribution >= 0.6 is 0 Å². The molecule has 0 aliphatic heterocycles. The van der Waals surface area contributed by atoms with Crippen molar-refractivity contribution >= 4 is 11.9 Å². The van der Waals surface area contributed by atoms with Crippen molar-refractivity contribution in [2.75, 3.05) is 6.61 Å². The fourth-order valence-electron chi connectivity index (χ4n) is 7.25. The van der Waals surface area contributed by atoms with Gasteiger partial charge in [-0.05, 0) is 74.2 Å². The van der Waals surface area contributed by atoms with E-state index in [1.807, 2.05) is 0 Å². The van der Waals surface area contributed by atoms with Gasteiger partial charge >= 0.3 is 5.97 Å². The lowest BCUT2D eigenvalue weighted by atomic mass is 9.43. The van der Waals surface area contributed by atoms with Crippen LogP contribution in [0.3, 0.4) is 0 Å². The Morgan fingerprint density at radius 3 is 2.36 bits per heavy atom. The Balaban J connectivity index is 1.29. The van der Waals surface area contributed by atoms with Crippen LogP contribution in [-0.2, 0) is 19.7 Å². The molecule has 4 atom stereocenters. The minimum atomic E-state index is -0.381. The Labute approximate surface area is 167 Å². The lowest BCUT2D eigenvalue weighted by molar-refractivity contribution is -0.175. The summed E-state index contributed by atoms with van der Waals surface area (Å²) in [7, 11) is 0. The first kappa shape index (κ1) is 18.2. The molecule has 1 amide bonds. The number of hydrogen-bond donors (Lipinski definition) is 1. The molecule has 1 aromatic rings. The van der Waals surface area contributed by atoms with Gasteiger partial charge in [0.15, 0.2) is 6.61 Å². The van der Waals surface area contributed by atoms with Crippen LogP contribution in [0.25, 0.3) is 0 Å². The molecule has 5 aliphatic carbocycles. The van der Waals surface area contributed by atoms with E-state index < -0.39 is 0 Å². The summed E-state index contributed by atoms with van der Waals surface area (Å²) in [5, 5.41) is 3.03. The van der Waals surface area contributed by atoms with Gasteiger partial charge in [0.25, 0.3) is 5.91 Å². The van der Waals surface area contributed by atoms with Crippen molar-refractivity contribution in [3.8, 4) is 0 Å². The third kappa shape index (κ3) is 3.15. The Morgan fingerprint density at radius 2 is 1.68 bits per heavy atom. The first-order valence-electron chi connectivity index (χ1n) is 11.1. The SMILES string of the molecule is O=C(COC(=O)C12C[C@H]3C[C@@H](C1)CC(c1ccccc1)(C3)C2)NC1CCCC1. The largest absolute Gasteiger partial charge is 0.455 e. The van der Waals surface area contributed by atoms with Gasteiger partial charge in [0.1, 0.15) is 0 Å². The predicted octanol–water partition coefficient (Wildman–Crippen LogP) is 4.13. The monoisotopic (exact) mass is 381 g/mol. The maximum absolute atomic E-state index is 13.2. The summed E-state index contributed by atoms with van der Waals surface area (Å²) in [5.41, 5.74) is 1.13. The van der Waals surface area contributed by atoms with E-state index in [9.17, 15) is 9.59 Å². The zero-order valence-electron chi connectivity index (χ0n) is 16.6. The second kappa shape index (κ2) is 6.89. The molecule has 5 aliphatic rings. The smallest absolute Gasteiger partial charge is 0.312 e. The molecule has 0 spiro atoms. The average molecular weight is 382 g/mol. The summed E-state index contributed by atoms with van der Waals surface area (Å²) in [6.45, 7) is -0.120. The average Bonchev–Trinajstić information content (AvgIpc) is 3.19. The van der Waals surface area contributed by atoms with Crippen LogP contribution in [0.15, 0.2) is 30.3 Å². The Morgan fingerprint density at radius 1 is 1.00 bits per heavy atom. The third-order valence-corrected chi connectivity index (χ3v) is 7.93. The van der Waals surface area contributed by atoms with Gasteiger partial charge in [0.2, 0.25) is 0 Å². The van der Waals surface area contributed by atoms with E-state index in [-0.39, 0.29) is 35.4 Å². The molecular weight excluding hydrogens is 350 g/mol.